The molecule has 1 saturated heterocycles. The van der Waals surface area contributed by atoms with Crippen LogP contribution in [0.1, 0.15) is 79.6 Å². The van der Waals surface area contributed by atoms with Gasteiger partial charge in [0.05, 0.1) is 21.7 Å². The lowest BCUT2D eigenvalue weighted by Gasteiger charge is -2.33. The van der Waals surface area contributed by atoms with Gasteiger partial charge >= 0.3 is 0 Å². The predicted molar refractivity (Wildman–Crippen MR) is 228 cm³/mol. The molecule has 59 heavy (non-hydrogen) atoms. The summed E-state index contributed by atoms with van der Waals surface area (Å²) in [5, 5.41) is 19.9. The van der Waals surface area contributed by atoms with Gasteiger partial charge in [-0.2, -0.15) is 0 Å². The first kappa shape index (κ1) is 39.9. The van der Waals surface area contributed by atoms with E-state index in [9.17, 15) is 19.2 Å². The molecule has 4 aliphatic heterocycles. The van der Waals surface area contributed by atoms with Crippen LogP contribution in [0.5, 0.6) is 0 Å². The lowest BCUT2D eigenvalue weighted by molar-refractivity contribution is -0.124. The molecular weight excluding hydrogens is 786 g/mol. The van der Waals surface area contributed by atoms with E-state index < -0.39 is 23.8 Å². The number of benzene rings is 2. The van der Waals surface area contributed by atoms with E-state index in [2.05, 4.69) is 72.7 Å². The number of rotatable bonds is 11. The van der Waals surface area contributed by atoms with Crippen LogP contribution in [0, 0.1) is 31.6 Å². The molecule has 2 aromatic carbocycles. The van der Waals surface area contributed by atoms with Crippen LogP contribution in [0.15, 0.2) is 71.4 Å². The average Bonchev–Trinajstić information content (AvgIpc) is 3.82. The molecule has 4 aliphatic rings. The molecule has 6 heterocycles. The van der Waals surface area contributed by atoms with Gasteiger partial charge < -0.3 is 20.7 Å². The van der Waals surface area contributed by atoms with Crippen molar-refractivity contribution < 1.29 is 19.2 Å². The summed E-state index contributed by atoms with van der Waals surface area (Å²) in [6.45, 7) is 7.83. The molecule has 0 aliphatic carbocycles. The number of dihydropyridines is 1. The number of aliphatic imine (C=N–C) groups is 1. The Labute approximate surface area is 351 Å². The summed E-state index contributed by atoms with van der Waals surface area (Å²) in [6.07, 6.45) is 9.11. The number of aryl methyl sites for hydroxylation is 1. The number of carbonyl (C=O) groups excluding carboxylic acids is 4. The minimum absolute atomic E-state index is 0.0593. The fourth-order valence-corrected chi connectivity index (χ4v) is 9.48. The van der Waals surface area contributed by atoms with Gasteiger partial charge in [-0.1, -0.05) is 47.7 Å². The molecule has 8 rings (SSSR count). The minimum atomic E-state index is -1.05. The smallest absolute Gasteiger partial charge is 0.264 e. The first-order valence-electron chi connectivity index (χ1n) is 19.8. The van der Waals surface area contributed by atoms with Gasteiger partial charge in [0, 0.05) is 54.6 Å². The summed E-state index contributed by atoms with van der Waals surface area (Å²) in [6, 6.07) is 11.7. The van der Waals surface area contributed by atoms with E-state index in [1.807, 2.05) is 31.2 Å². The monoisotopic (exact) mass is 829 g/mol. The van der Waals surface area contributed by atoms with Gasteiger partial charge in [0.25, 0.3) is 11.8 Å². The number of hydrogen-bond donors (Lipinski definition) is 3. The highest BCUT2D eigenvalue weighted by molar-refractivity contribution is 7.15. The lowest BCUT2D eigenvalue weighted by atomic mass is 9.96. The summed E-state index contributed by atoms with van der Waals surface area (Å²) < 4.78 is 2.09. The Bertz CT molecular complexity index is 2480. The number of likely N-dealkylation sites (tertiary alicyclic amines) is 1. The maximum Gasteiger partial charge on any atom is 0.264 e. The van der Waals surface area contributed by atoms with Crippen LogP contribution in [0.4, 0.5) is 5.69 Å². The molecule has 2 unspecified atom stereocenters. The van der Waals surface area contributed by atoms with Crippen molar-refractivity contribution in [1.29, 1.82) is 0 Å². The van der Waals surface area contributed by atoms with Crippen molar-refractivity contribution in [3.63, 3.8) is 0 Å². The van der Waals surface area contributed by atoms with Gasteiger partial charge in [0.1, 0.15) is 35.7 Å². The van der Waals surface area contributed by atoms with Crippen molar-refractivity contribution in [2.24, 2.45) is 10.9 Å². The number of aldehydes is 1. The Morgan fingerprint density at radius 3 is 2.61 bits per heavy atom. The summed E-state index contributed by atoms with van der Waals surface area (Å²) in [5.41, 5.74) is 6.32. The van der Waals surface area contributed by atoms with Gasteiger partial charge in [0.15, 0.2) is 5.82 Å². The van der Waals surface area contributed by atoms with Crippen LogP contribution in [0.2, 0.25) is 5.02 Å². The highest BCUT2D eigenvalue weighted by Crippen LogP contribution is 2.37. The summed E-state index contributed by atoms with van der Waals surface area (Å²) >= 11 is 7.85. The van der Waals surface area contributed by atoms with E-state index in [4.69, 9.17) is 16.6 Å². The molecule has 0 radical (unpaired) electrons. The number of fused-ring (bicyclic) bond motifs is 4. The molecule has 0 saturated carbocycles. The van der Waals surface area contributed by atoms with Crippen LogP contribution in [0.25, 0.3) is 5.00 Å². The predicted octanol–water partition coefficient (Wildman–Crippen LogP) is 5.23. The van der Waals surface area contributed by atoms with E-state index >= 15 is 0 Å². The molecule has 13 nitrogen and oxygen atoms in total. The van der Waals surface area contributed by atoms with Gasteiger partial charge in [-0.25, -0.2) is 0 Å². The van der Waals surface area contributed by atoms with Crippen molar-refractivity contribution in [2.45, 2.75) is 58.2 Å². The number of thiophene rings is 1. The molecule has 1 fully saturated rings. The maximum absolute atomic E-state index is 13.6. The van der Waals surface area contributed by atoms with Gasteiger partial charge in [0.2, 0.25) is 5.91 Å². The highest BCUT2D eigenvalue weighted by Gasteiger charge is 2.43. The summed E-state index contributed by atoms with van der Waals surface area (Å²) in [5.74, 6) is 7.36. The van der Waals surface area contributed by atoms with Gasteiger partial charge in [-0.05, 0) is 93.6 Å². The Hall–Kier alpha value is -5.88. The number of nitrogens with zero attached hydrogens (tertiary/aromatic N) is 6. The number of anilines is 1. The Morgan fingerprint density at radius 1 is 1.08 bits per heavy atom. The minimum Gasteiger partial charge on any atom is -0.384 e. The molecule has 15 heteroatoms. The molecule has 0 spiro atoms. The standard InChI is InChI=1S/C44H44ClN9O4S/c1-26-36(59-44-38(26)40(30-10-12-31(45)13-11-30)49-24-37-51-50-27(2)53(37)44)16-15-32-14-9-29(23-47-32)25-52-19-17-28(18-20-52)22-48-34-7-4-6-33-39(34)43(58)54(42(33)57)35(8-5-21-55)41(56)46-3/h4,6-7,9-14,21,23,28,32,35,47-48H,5,8,17-20,22,24-25H2,1-3H3,(H,46,56). The van der Waals surface area contributed by atoms with Crippen LogP contribution in [-0.2, 0) is 16.1 Å². The number of carbonyl (C=O) groups is 4. The number of aromatic nitrogens is 3. The van der Waals surface area contributed by atoms with Crippen molar-refractivity contribution in [3.05, 3.63) is 116 Å². The zero-order chi connectivity index (χ0) is 41.2. The number of amides is 3. The van der Waals surface area contributed by atoms with Crippen LogP contribution < -0.4 is 16.0 Å². The van der Waals surface area contributed by atoms with Crippen molar-refractivity contribution in [2.75, 3.05) is 38.5 Å². The fraction of sp³-hybridized carbons (Fsp3) is 0.341. The zero-order valence-electron chi connectivity index (χ0n) is 33.0. The SMILES string of the molecule is CNC(=O)C(CCC=O)N1C(=O)c2cccc(NCC3CCN(CC4=CNC(C#Cc5sc6c(c5C)C(c5ccc(Cl)cc5)=NCc5nnc(C)n5-6)C=C4)CC3)c2C1=O. The van der Waals surface area contributed by atoms with Crippen LogP contribution in [-0.4, -0.2) is 99.6 Å². The third kappa shape index (κ3) is 7.98. The first-order chi connectivity index (χ1) is 28.6. The molecule has 302 valence electrons. The zero-order valence-corrected chi connectivity index (χ0v) is 34.6. The van der Waals surface area contributed by atoms with Gasteiger partial charge in [-0.15, -0.1) is 21.5 Å². The third-order valence-electron chi connectivity index (χ3n) is 11.3. The summed E-state index contributed by atoms with van der Waals surface area (Å²) in [7, 11) is 1.45. The first-order valence-corrected chi connectivity index (χ1v) is 21.0. The van der Waals surface area contributed by atoms with E-state index in [-0.39, 0.29) is 30.0 Å². The molecule has 0 bridgehead atoms. The van der Waals surface area contributed by atoms with Crippen LogP contribution in [0.3, 0.4) is 0 Å². The largest absolute Gasteiger partial charge is 0.384 e. The number of nitrogens with one attached hydrogen (secondary N) is 3. The molecular formula is C44H44ClN9O4S. The highest BCUT2D eigenvalue weighted by atomic mass is 35.5. The number of hydrogen-bond acceptors (Lipinski definition) is 11. The number of halogens is 1. The number of piperidine rings is 1. The van der Waals surface area contributed by atoms with Gasteiger partial charge in [-0.3, -0.25) is 33.7 Å². The van der Waals surface area contributed by atoms with Crippen molar-refractivity contribution >= 4 is 58.3 Å². The lowest BCUT2D eigenvalue weighted by Crippen LogP contribution is -2.48. The summed E-state index contributed by atoms with van der Waals surface area (Å²) in [4.78, 5) is 60.0. The maximum atomic E-state index is 13.6. The number of imide groups is 1. The molecule has 4 aromatic rings. The average molecular weight is 830 g/mol. The fourth-order valence-electron chi connectivity index (χ4n) is 8.12. The van der Waals surface area contributed by atoms with E-state index in [1.54, 1.807) is 29.5 Å². The van der Waals surface area contributed by atoms with Crippen molar-refractivity contribution in [1.82, 2.24) is 35.2 Å². The van der Waals surface area contributed by atoms with Crippen molar-refractivity contribution in [3.8, 4) is 16.8 Å². The third-order valence-corrected chi connectivity index (χ3v) is 12.8. The molecule has 2 atom stereocenters. The van der Waals surface area contributed by atoms with E-state index in [0.717, 1.165) is 81.3 Å². The van der Waals surface area contributed by atoms with E-state index in [0.29, 0.717) is 36.0 Å². The van der Waals surface area contributed by atoms with E-state index in [1.165, 1.54) is 12.6 Å². The molecule has 2 aromatic heterocycles. The molecule has 3 amide bonds. The Balaban J connectivity index is 0.864. The Morgan fingerprint density at radius 2 is 1.88 bits per heavy atom. The molecule has 3 N–H and O–H groups in total. The number of likely N-dealkylation sites (N-methyl/N-ethyl adjacent to an activating group) is 1. The normalized spacial score (nSPS) is 18.0. The topological polar surface area (TPSA) is 154 Å². The second-order valence-corrected chi connectivity index (χ2v) is 16.5. The quantitative estimate of drug-likeness (QED) is 0.105. The second kappa shape index (κ2) is 17.1. The van der Waals surface area contributed by atoms with Crippen LogP contribution >= 0.6 is 22.9 Å². The Kier molecular flexibility index (Phi) is 11.6. The second-order valence-electron chi connectivity index (χ2n) is 15.1.